The molecule has 3 nitrogen and oxygen atoms in total. The molecule has 0 saturated heterocycles. The second kappa shape index (κ2) is 6.99. The minimum Gasteiger partial charge on any atom is -0.370 e. The van der Waals surface area contributed by atoms with E-state index in [2.05, 4.69) is 5.32 Å². The molecule has 0 radical (unpaired) electrons. The first-order chi connectivity index (χ1) is 10.1. The SMILES string of the molecule is CC(CC(N)=O)NC(c1ccccc1)c1ccc(F)cc1. The second-order valence-electron chi connectivity index (χ2n) is 5.13. The number of hydrogen-bond acceptors (Lipinski definition) is 2. The van der Waals surface area contributed by atoms with Crippen molar-refractivity contribution in [3.8, 4) is 0 Å². The Morgan fingerprint density at radius 2 is 1.67 bits per heavy atom. The molecule has 2 atom stereocenters. The van der Waals surface area contributed by atoms with E-state index in [-0.39, 0.29) is 30.2 Å². The number of amides is 1. The lowest BCUT2D eigenvalue weighted by molar-refractivity contribution is -0.118. The van der Waals surface area contributed by atoms with Crippen molar-refractivity contribution in [2.45, 2.75) is 25.4 Å². The molecule has 0 fully saturated rings. The molecule has 0 aromatic heterocycles. The van der Waals surface area contributed by atoms with Gasteiger partial charge in [0.05, 0.1) is 6.04 Å². The minimum absolute atomic E-state index is 0.0715. The molecule has 4 heteroatoms. The molecular formula is C17H19FN2O. The lowest BCUT2D eigenvalue weighted by Gasteiger charge is -2.24. The van der Waals surface area contributed by atoms with Gasteiger partial charge in [0.2, 0.25) is 5.91 Å². The number of halogens is 1. The molecule has 1 amide bonds. The summed E-state index contributed by atoms with van der Waals surface area (Å²) in [7, 11) is 0. The molecule has 0 spiro atoms. The van der Waals surface area contributed by atoms with Gasteiger partial charge in [0.25, 0.3) is 0 Å². The highest BCUT2D eigenvalue weighted by Crippen LogP contribution is 2.23. The molecule has 0 saturated carbocycles. The summed E-state index contributed by atoms with van der Waals surface area (Å²) < 4.78 is 13.1. The fraction of sp³-hybridized carbons (Fsp3) is 0.235. The Kier molecular flexibility index (Phi) is 5.06. The molecular weight excluding hydrogens is 267 g/mol. The maximum Gasteiger partial charge on any atom is 0.218 e. The van der Waals surface area contributed by atoms with E-state index in [1.165, 1.54) is 12.1 Å². The van der Waals surface area contributed by atoms with Crippen molar-refractivity contribution in [2.24, 2.45) is 5.73 Å². The van der Waals surface area contributed by atoms with Crippen molar-refractivity contribution in [1.82, 2.24) is 5.32 Å². The number of carbonyl (C=O) groups excluding carboxylic acids is 1. The average Bonchev–Trinajstić information content (AvgIpc) is 2.46. The van der Waals surface area contributed by atoms with Gasteiger partial charge in [0.15, 0.2) is 0 Å². The van der Waals surface area contributed by atoms with Crippen LogP contribution in [-0.4, -0.2) is 11.9 Å². The van der Waals surface area contributed by atoms with Crippen LogP contribution < -0.4 is 11.1 Å². The average molecular weight is 286 g/mol. The standard InChI is InChI=1S/C17H19FN2O/c1-12(11-16(19)21)20-17(13-5-3-2-4-6-13)14-7-9-15(18)10-8-14/h2-10,12,17,20H,11H2,1H3,(H2,19,21). The Bertz CT molecular complexity index is 583. The third kappa shape index (κ3) is 4.39. The zero-order valence-electron chi connectivity index (χ0n) is 11.9. The van der Waals surface area contributed by atoms with E-state index < -0.39 is 0 Å². The number of nitrogens with one attached hydrogen (secondary N) is 1. The van der Waals surface area contributed by atoms with Crippen LogP contribution in [0.25, 0.3) is 0 Å². The first kappa shape index (κ1) is 15.2. The smallest absolute Gasteiger partial charge is 0.218 e. The quantitative estimate of drug-likeness (QED) is 0.858. The first-order valence-electron chi connectivity index (χ1n) is 6.91. The van der Waals surface area contributed by atoms with E-state index in [0.717, 1.165) is 11.1 Å². The van der Waals surface area contributed by atoms with E-state index in [9.17, 15) is 9.18 Å². The third-order valence-corrected chi connectivity index (χ3v) is 3.29. The minimum atomic E-state index is -0.346. The van der Waals surface area contributed by atoms with E-state index in [0.29, 0.717) is 0 Å². The summed E-state index contributed by atoms with van der Waals surface area (Å²) in [5.41, 5.74) is 7.24. The third-order valence-electron chi connectivity index (χ3n) is 3.29. The molecule has 21 heavy (non-hydrogen) atoms. The van der Waals surface area contributed by atoms with Gasteiger partial charge in [-0.3, -0.25) is 4.79 Å². The second-order valence-corrected chi connectivity index (χ2v) is 5.13. The summed E-state index contributed by atoms with van der Waals surface area (Å²) in [4.78, 5) is 11.0. The van der Waals surface area contributed by atoms with Gasteiger partial charge < -0.3 is 11.1 Å². The zero-order valence-corrected chi connectivity index (χ0v) is 11.9. The summed E-state index contributed by atoms with van der Waals surface area (Å²) in [6.45, 7) is 1.91. The zero-order chi connectivity index (χ0) is 15.2. The van der Waals surface area contributed by atoms with Crippen LogP contribution in [0.1, 0.15) is 30.5 Å². The number of benzene rings is 2. The number of primary amides is 1. The van der Waals surface area contributed by atoms with E-state index >= 15 is 0 Å². The number of carbonyl (C=O) groups is 1. The van der Waals surface area contributed by atoms with Crippen LogP contribution in [0, 0.1) is 5.82 Å². The molecule has 3 N–H and O–H groups in total. The van der Waals surface area contributed by atoms with Crippen LogP contribution in [0.2, 0.25) is 0 Å². The lowest BCUT2D eigenvalue weighted by atomic mass is 9.97. The van der Waals surface area contributed by atoms with Gasteiger partial charge in [-0.1, -0.05) is 42.5 Å². The van der Waals surface area contributed by atoms with Gasteiger partial charge in [-0.05, 0) is 30.2 Å². The highest BCUT2D eigenvalue weighted by atomic mass is 19.1. The summed E-state index contributed by atoms with van der Waals surface area (Å²) >= 11 is 0. The molecule has 2 rings (SSSR count). The van der Waals surface area contributed by atoms with Crippen molar-refractivity contribution in [2.75, 3.05) is 0 Å². The van der Waals surface area contributed by atoms with Crippen LogP contribution in [0.15, 0.2) is 54.6 Å². The predicted molar refractivity (Wildman–Crippen MR) is 81.1 cm³/mol. The van der Waals surface area contributed by atoms with Crippen molar-refractivity contribution >= 4 is 5.91 Å². The molecule has 0 bridgehead atoms. The van der Waals surface area contributed by atoms with Crippen LogP contribution in [0.5, 0.6) is 0 Å². The van der Waals surface area contributed by atoms with Gasteiger partial charge in [-0.25, -0.2) is 4.39 Å². The Morgan fingerprint density at radius 1 is 1.10 bits per heavy atom. The molecule has 2 aromatic rings. The number of rotatable bonds is 6. The fourth-order valence-corrected chi connectivity index (χ4v) is 2.33. The van der Waals surface area contributed by atoms with Gasteiger partial charge in [0.1, 0.15) is 5.82 Å². The Balaban J connectivity index is 2.26. The maximum absolute atomic E-state index is 13.1. The summed E-state index contributed by atoms with van der Waals surface area (Å²) in [6.07, 6.45) is 0.254. The van der Waals surface area contributed by atoms with Gasteiger partial charge in [0, 0.05) is 12.5 Å². The Labute approximate surface area is 124 Å². The van der Waals surface area contributed by atoms with Crippen molar-refractivity contribution in [1.29, 1.82) is 0 Å². The number of nitrogens with two attached hydrogens (primary N) is 1. The Hall–Kier alpha value is -2.20. The highest BCUT2D eigenvalue weighted by molar-refractivity contribution is 5.74. The van der Waals surface area contributed by atoms with E-state index in [1.807, 2.05) is 37.3 Å². The van der Waals surface area contributed by atoms with Crippen LogP contribution >= 0.6 is 0 Å². The Morgan fingerprint density at radius 3 is 2.24 bits per heavy atom. The summed E-state index contributed by atoms with van der Waals surface area (Å²) in [6, 6.07) is 16.0. The van der Waals surface area contributed by atoms with Gasteiger partial charge >= 0.3 is 0 Å². The topological polar surface area (TPSA) is 55.1 Å². The molecule has 0 heterocycles. The predicted octanol–water partition coefficient (Wildman–Crippen LogP) is 2.77. The number of hydrogen-bond donors (Lipinski definition) is 2. The van der Waals surface area contributed by atoms with Crippen LogP contribution in [0.3, 0.4) is 0 Å². The molecule has 0 aliphatic rings. The van der Waals surface area contributed by atoms with Crippen LogP contribution in [0.4, 0.5) is 4.39 Å². The lowest BCUT2D eigenvalue weighted by Crippen LogP contribution is -2.34. The van der Waals surface area contributed by atoms with Gasteiger partial charge in [-0.15, -0.1) is 0 Å². The molecule has 0 aliphatic heterocycles. The fourth-order valence-electron chi connectivity index (χ4n) is 2.33. The molecule has 2 unspecified atom stereocenters. The molecule has 0 aliphatic carbocycles. The summed E-state index contributed by atoms with van der Waals surface area (Å²) in [5.74, 6) is -0.614. The van der Waals surface area contributed by atoms with E-state index in [1.54, 1.807) is 12.1 Å². The highest BCUT2D eigenvalue weighted by Gasteiger charge is 2.17. The first-order valence-corrected chi connectivity index (χ1v) is 6.91. The monoisotopic (exact) mass is 286 g/mol. The molecule has 2 aromatic carbocycles. The molecule has 110 valence electrons. The van der Waals surface area contributed by atoms with Crippen molar-refractivity contribution in [3.05, 3.63) is 71.5 Å². The van der Waals surface area contributed by atoms with E-state index in [4.69, 9.17) is 5.73 Å². The van der Waals surface area contributed by atoms with Gasteiger partial charge in [-0.2, -0.15) is 0 Å². The van der Waals surface area contributed by atoms with Crippen LogP contribution in [-0.2, 0) is 4.79 Å². The largest absolute Gasteiger partial charge is 0.370 e. The van der Waals surface area contributed by atoms with Crippen molar-refractivity contribution < 1.29 is 9.18 Å². The normalized spacial score (nSPS) is 13.6. The van der Waals surface area contributed by atoms with Crippen molar-refractivity contribution in [3.63, 3.8) is 0 Å². The summed E-state index contributed by atoms with van der Waals surface area (Å²) in [5, 5.41) is 3.38. The maximum atomic E-state index is 13.1.